The lowest BCUT2D eigenvalue weighted by molar-refractivity contribution is -0.141. The van der Waals surface area contributed by atoms with Gasteiger partial charge >= 0.3 is 0 Å². The fraction of sp³-hybridized carbons (Fsp3) is 0.611. The molecule has 232 valence electrons. The van der Waals surface area contributed by atoms with Crippen molar-refractivity contribution in [3.63, 3.8) is 0 Å². The number of aromatic hydroxyl groups is 1. The molecule has 1 saturated heterocycles. The third-order valence-corrected chi connectivity index (χ3v) is 11.7. The van der Waals surface area contributed by atoms with Crippen molar-refractivity contribution in [3.05, 3.63) is 65.2 Å². The third kappa shape index (κ3) is 5.71. The summed E-state index contributed by atoms with van der Waals surface area (Å²) < 4.78 is 0. The molecule has 3 N–H and O–H groups in total. The lowest BCUT2D eigenvalue weighted by atomic mass is 9.53. The van der Waals surface area contributed by atoms with Crippen LogP contribution in [0.3, 0.4) is 0 Å². The molecule has 2 saturated carbocycles. The number of amides is 2. The lowest BCUT2D eigenvalue weighted by Gasteiger charge is -2.54. The van der Waals surface area contributed by atoms with Crippen LogP contribution in [0.4, 0.5) is 0 Å². The molecule has 1 heterocycles. The molecule has 3 fully saturated rings. The minimum atomic E-state index is -0.726. The maximum Gasteiger partial charge on any atom is 0.245 e. The fourth-order valence-electron chi connectivity index (χ4n) is 9.15. The number of aliphatic hydroxyl groups is 1. The quantitative estimate of drug-likeness (QED) is 0.444. The molecular formula is C36H49N3O4. The molecule has 7 heteroatoms. The summed E-state index contributed by atoms with van der Waals surface area (Å²) in [5.41, 5.74) is 2.83. The number of nitrogens with one attached hydrogen (secondary N) is 1. The molecule has 0 radical (unpaired) electrons. The topological polar surface area (TPSA) is 93.1 Å². The van der Waals surface area contributed by atoms with Gasteiger partial charge in [0.05, 0.1) is 12.0 Å². The van der Waals surface area contributed by atoms with Gasteiger partial charge in [0.15, 0.2) is 0 Å². The minimum Gasteiger partial charge on any atom is -0.508 e. The van der Waals surface area contributed by atoms with E-state index in [2.05, 4.69) is 23.2 Å². The van der Waals surface area contributed by atoms with Crippen LogP contribution in [0.15, 0.2) is 48.5 Å². The molecule has 2 aromatic carbocycles. The van der Waals surface area contributed by atoms with Crippen molar-refractivity contribution >= 4 is 11.8 Å². The normalized spacial score (nSPS) is 31.2. The highest BCUT2D eigenvalue weighted by Crippen LogP contribution is 2.64. The number of fused-ring (bicyclic) bond motifs is 5. The Hall–Kier alpha value is -2.90. The van der Waals surface area contributed by atoms with Gasteiger partial charge in [0.1, 0.15) is 11.8 Å². The van der Waals surface area contributed by atoms with Crippen molar-refractivity contribution in [3.8, 4) is 5.75 Å². The van der Waals surface area contributed by atoms with Crippen molar-refractivity contribution in [2.24, 2.45) is 23.2 Å². The zero-order valence-electron chi connectivity index (χ0n) is 26.1. The van der Waals surface area contributed by atoms with E-state index in [4.69, 9.17) is 0 Å². The minimum absolute atomic E-state index is 0.00564. The Labute approximate surface area is 256 Å². The highest BCUT2D eigenvalue weighted by molar-refractivity contribution is 5.88. The van der Waals surface area contributed by atoms with E-state index in [-0.39, 0.29) is 29.6 Å². The molecule has 0 unspecified atom stereocenters. The molecule has 7 nitrogen and oxygen atoms in total. The van der Waals surface area contributed by atoms with Gasteiger partial charge < -0.3 is 20.4 Å². The monoisotopic (exact) mass is 587 g/mol. The van der Waals surface area contributed by atoms with Gasteiger partial charge in [-0.15, -0.1) is 0 Å². The Balaban J connectivity index is 1.05. The number of carbonyl (C=O) groups excluding carboxylic acids is 2. The first kappa shape index (κ1) is 30.1. The second kappa shape index (κ2) is 11.9. The van der Waals surface area contributed by atoms with Crippen LogP contribution in [0.1, 0.15) is 75.5 Å². The third-order valence-electron chi connectivity index (χ3n) is 11.7. The van der Waals surface area contributed by atoms with E-state index in [1.807, 2.05) is 61.2 Å². The van der Waals surface area contributed by atoms with Gasteiger partial charge in [-0.2, -0.15) is 0 Å². The molecule has 3 aliphatic carbocycles. The number of rotatable bonds is 7. The first-order valence-corrected chi connectivity index (χ1v) is 16.5. The van der Waals surface area contributed by atoms with E-state index in [0.29, 0.717) is 43.1 Å². The van der Waals surface area contributed by atoms with Crippen molar-refractivity contribution < 1.29 is 19.8 Å². The number of piperazine rings is 1. The first-order valence-electron chi connectivity index (χ1n) is 16.5. The Morgan fingerprint density at radius 2 is 1.74 bits per heavy atom. The van der Waals surface area contributed by atoms with E-state index in [0.717, 1.165) is 57.2 Å². The molecule has 0 bridgehead atoms. The molecule has 4 aliphatic rings. The van der Waals surface area contributed by atoms with E-state index >= 15 is 0 Å². The summed E-state index contributed by atoms with van der Waals surface area (Å²) in [6.45, 7) is 9.67. The van der Waals surface area contributed by atoms with Crippen molar-refractivity contribution in [2.75, 3.05) is 32.7 Å². The van der Waals surface area contributed by atoms with Crippen LogP contribution in [0.2, 0.25) is 0 Å². The maximum absolute atomic E-state index is 13.6. The van der Waals surface area contributed by atoms with Crippen LogP contribution in [-0.4, -0.2) is 76.2 Å². The fourth-order valence-corrected chi connectivity index (χ4v) is 9.15. The lowest BCUT2D eigenvalue weighted by Crippen LogP contribution is -2.60. The summed E-state index contributed by atoms with van der Waals surface area (Å²) in [7, 11) is 0. The van der Waals surface area contributed by atoms with Gasteiger partial charge in [-0.3, -0.25) is 14.5 Å². The van der Waals surface area contributed by atoms with Gasteiger partial charge in [0.2, 0.25) is 11.8 Å². The number of aryl methyl sites for hydroxylation is 1. The zero-order valence-corrected chi connectivity index (χ0v) is 26.1. The number of benzene rings is 2. The average molecular weight is 588 g/mol. The predicted molar refractivity (Wildman–Crippen MR) is 168 cm³/mol. The Kier molecular flexibility index (Phi) is 8.33. The van der Waals surface area contributed by atoms with Crippen molar-refractivity contribution in [2.45, 2.75) is 83.3 Å². The summed E-state index contributed by atoms with van der Waals surface area (Å²) in [5, 5.41) is 25.3. The second-order valence-electron chi connectivity index (χ2n) is 14.4. The van der Waals surface area contributed by atoms with E-state index in [1.165, 1.54) is 11.1 Å². The van der Waals surface area contributed by atoms with Crippen LogP contribution in [-0.2, 0) is 22.4 Å². The molecule has 43 heavy (non-hydrogen) atoms. The number of hydrogen-bond donors (Lipinski definition) is 3. The predicted octanol–water partition coefficient (Wildman–Crippen LogP) is 4.51. The van der Waals surface area contributed by atoms with Crippen LogP contribution in [0.25, 0.3) is 0 Å². The Morgan fingerprint density at radius 3 is 2.47 bits per heavy atom. The average Bonchev–Trinajstić information content (AvgIpc) is 3.25. The number of β-amino-alcohol motifs (C(OH)–C–C–N with tert-alkyl or cyclic N) is 1. The summed E-state index contributed by atoms with van der Waals surface area (Å²) in [5.74, 6) is 1.85. The summed E-state index contributed by atoms with van der Waals surface area (Å²) >= 11 is 0. The highest BCUT2D eigenvalue weighted by atomic mass is 16.3. The van der Waals surface area contributed by atoms with Gasteiger partial charge in [-0.05, 0) is 91.0 Å². The Morgan fingerprint density at radius 1 is 1.00 bits per heavy atom. The van der Waals surface area contributed by atoms with E-state index < -0.39 is 11.6 Å². The zero-order chi connectivity index (χ0) is 30.4. The smallest absolute Gasteiger partial charge is 0.245 e. The van der Waals surface area contributed by atoms with Crippen LogP contribution >= 0.6 is 0 Å². The highest BCUT2D eigenvalue weighted by Gasteiger charge is 2.61. The first-order chi connectivity index (χ1) is 20.6. The summed E-state index contributed by atoms with van der Waals surface area (Å²) in [6.07, 6.45) is 6.42. The number of hydrogen-bond acceptors (Lipinski definition) is 5. The number of carbonyl (C=O) groups is 2. The Bertz CT molecular complexity index is 1320. The van der Waals surface area contributed by atoms with Crippen LogP contribution < -0.4 is 5.32 Å². The van der Waals surface area contributed by atoms with Gasteiger partial charge in [0, 0.05) is 38.1 Å². The molecular weight excluding hydrogens is 538 g/mol. The van der Waals surface area contributed by atoms with Crippen molar-refractivity contribution in [1.29, 1.82) is 0 Å². The molecule has 1 aliphatic heterocycles. The second-order valence-corrected chi connectivity index (χ2v) is 14.4. The molecule has 0 spiro atoms. The van der Waals surface area contributed by atoms with Crippen LogP contribution in [0.5, 0.6) is 5.75 Å². The van der Waals surface area contributed by atoms with Gasteiger partial charge in [0.25, 0.3) is 0 Å². The number of phenolic OH excluding ortho intramolecular Hbond substituents is 1. The largest absolute Gasteiger partial charge is 0.508 e. The SMILES string of the molecule is CC(C)[C@H](NC(=O)Cc1ccccc1)C(=O)N1CCN(C[C@]2(O)CC[C@H]3[C@@H]4CCc5cc(O)ccc5[C@H]4CC[C@@]32C)CC1. The van der Waals surface area contributed by atoms with Gasteiger partial charge in [-0.25, -0.2) is 0 Å². The number of phenols is 1. The van der Waals surface area contributed by atoms with Gasteiger partial charge in [-0.1, -0.05) is 57.2 Å². The van der Waals surface area contributed by atoms with E-state index in [9.17, 15) is 19.8 Å². The van der Waals surface area contributed by atoms with Crippen molar-refractivity contribution in [1.82, 2.24) is 15.1 Å². The van der Waals surface area contributed by atoms with Crippen LogP contribution in [0, 0.1) is 23.2 Å². The number of nitrogens with zero attached hydrogens (tertiary/aromatic N) is 2. The molecule has 2 aromatic rings. The summed E-state index contributed by atoms with van der Waals surface area (Å²) in [4.78, 5) is 30.6. The summed E-state index contributed by atoms with van der Waals surface area (Å²) in [6, 6.07) is 15.0. The van der Waals surface area contributed by atoms with E-state index in [1.54, 1.807) is 0 Å². The molecule has 0 aromatic heterocycles. The molecule has 6 atom stereocenters. The molecule has 6 rings (SSSR count). The maximum atomic E-state index is 13.6. The molecule has 2 amide bonds. The standard InChI is InChI=1S/C36H49N3O4/c1-24(2)33(37-32(41)21-25-7-5-4-6-8-25)34(42)39-19-17-38(18-20-39)23-36(43)16-14-31-30-11-9-26-22-27(40)10-12-28(26)29(30)13-15-35(31,36)3/h4-8,10,12,22,24,29-31,33,40,43H,9,11,13-21,23H2,1-3H3,(H,37,41)/t29-,30-,31+,33+,35+,36-/m1/s1.